The van der Waals surface area contributed by atoms with E-state index in [0.29, 0.717) is 12.2 Å². The van der Waals surface area contributed by atoms with Crippen molar-refractivity contribution in [2.45, 2.75) is 26.8 Å². The average molecular weight is 286 g/mol. The van der Waals surface area contributed by atoms with Gasteiger partial charge in [-0.15, -0.1) is 0 Å². The monoisotopic (exact) mass is 286 g/mol. The Morgan fingerprint density at radius 2 is 1.95 bits per heavy atom. The van der Waals surface area contributed by atoms with E-state index in [1.807, 2.05) is 31.2 Å². The molecule has 0 unspecified atom stereocenters. The predicted molar refractivity (Wildman–Crippen MR) is 80.8 cm³/mol. The first-order valence-corrected chi connectivity index (χ1v) is 6.84. The van der Waals surface area contributed by atoms with Gasteiger partial charge in [-0.1, -0.05) is 6.92 Å². The Bertz CT molecular complexity index is 702. The fraction of sp³-hybridized carbons (Fsp3) is 0.312. The molecule has 0 amide bonds. The number of rotatable bonds is 5. The summed E-state index contributed by atoms with van der Waals surface area (Å²) in [7, 11) is 1.60. The number of methoxy groups -OCH3 is 1. The molecule has 1 aromatic heterocycles. The predicted octanol–water partition coefficient (Wildman–Crippen LogP) is 2.53. The molecule has 0 aliphatic carbocycles. The molecule has 2 aromatic rings. The SMILES string of the molecule is CCCn1nc(-c2ccc(OC)cc2)cc(C(C)=O)c1=O. The molecule has 0 aliphatic rings. The van der Waals surface area contributed by atoms with Crippen LogP contribution < -0.4 is 10.3 Å². The lowest BCUT2D eigenvalue weighted by atomic mass is 10.1. The number of Topliss-reactive ketones (excluding diaryl/α,β-unsaturated/α-hetero) is 1. The number of carbonyl (C=O) groups excluding carboxylic acids is 1. The Morgan fingerprint density at radius 3 is 2.48 bits per heavy atom. The van der Waals surface area contributed by atoms with Crippen molar-refractivity contribution >= 4 is 5.78 Å². The molecule has 1 heterocycles. The Balaban J connectivity index is 2.56. The van der Waals surface area contributed by atoms with Gasteiger partial charge in [-0.3, -0.25) is 9.59 Å². The largest absolute Gasteiger partial charge is 0.497 e. The Kier molecular flexibility index (Phi) is 4.52. The van der Waals surface area contributed by atoms with Crippen LogP contribution in [-0.4, -0.2) is 22.7 Å². The van der Waals surface area contributed by atoms with Crippen LogP contribution >= 0.6 is 0 Å². The molecule has 5 nitrogen and oxygen atoms in total. The zero-order chi connectivity index (χ0) is 15.4. The minimum atomic E-state index is -0.332. The first-order chi connectivity index (χ1) is 10.1. The van der Waals surface area contributed by atoms with Gasteiger partial charge in [-0.05, 0) is 43.7 Å². The lowest BCUT2D eigenvalue weighted by molar-refractivity contribution is 0.101. The number of aryl methyl sites for hydroxylation is 1. The van der Waals surface area contributed by atoms with Gasteiger partial charge >= 0.3 is 0 Å². The second kappa shape index (κ2) is 6.35. The molecule has 0 fully saturated rings. The van der Waals surface area contributed by atoms with E-state index in [1.165, 1.54) is 11.6 Å². The highest BCUT2D eigenvalue weighted by atomic mass is 16.5. The first-order valence-electron chi connectivity index (χ1n) is 6.84. The molecule has 2 rings (SSSR count). The van der Waals surface area contributed by atoms with Gasteiger partial charge in [0.2, 0.25) is 0 Å². The third-order valence-corrected chi connectivity index (χ3v) is 3.17. The van der Waals surface area contributed by atoms with Crippen LogP contribution in [0.5, 0.6) is 5.75 Å². The Morgan fingerprint density at radius 1 is 1.29 bits per heavy atom. The van der Waals surface area contributed by atoms with Crippen molar-refractivity contribution in [2.24, 2.45) is 0 Å². The summed E-state index contributed by atoms with van der Waals surface area (Å²) in [6, 6.07) is 8.90. The summed E-state index contributed by atoms with van der Waals surface area (Å²) in [5, 5.41) is 4.34. The molecule has 0 radical (unpaired) electrons. The van der Waals surface area contributed by atoms with Gasteiger partial charge < -0.3 is 4.74 Å². The van der Waals surface area contributed by atoms with Crippen LogP contribution in [0.2, 0.25) is 0 Å². The fourth-order valence-electron chi connectivity index (χ4n) is 2.06. The number of hydrogen-bond donors (Lipinski definition) is 0. The van der Waals surface area contributed by atoms with Crippen molar-refractivity contribution in [3.8, 4) is 17.0 Å². The number of nitrogens with zero attached hydrogens (tertiary/aromatic N) is 2. The van der Waals surface area contributed by atoms with E-state index in [-0.39, 0.29) is 16.9 Å². The van der Waals surface area contributed by atoms with Crippen LogP contribution in [0.4, 0.5) is 0 Å². The molecule has 1 aromatic carbocycles. The van der Waals surface area contributed by atoms with Gasteiger partial charge in [-0.25, -0.2) is 4.68 Å². The van der Waals surface area contributed by atoms with Crippen LogP contribution in [0.15, 0.2) is 35.1 Å². The minimum Gasteiger partial charge on any atom is -0.497 e. The fourth-order valence-corrected chi connectivity index (χ4v) is 2.06. The zero-order valence-electron chi connectivity index (χ0n) is 12.4. The number of ketones is 1. The highest BCUT2D eigenvalue weighted by molar-refractivity contribution is 5.94. The van der Waals surface area contributed by atoms with Crippen molar-refractivity contribution in [1.82, 2.24) is 9.78 Å². The van der Waals surface area contributed by atoms with Crippen LogP contribution in [-0.2, 0) is 6.54 Å². The van der Waals surface area contributed by atoms with Crippen LogP contribution in [0.25, 0.3) is 11.3 Å². The lowest BCUT2D eigenvalue weighted by Crippen LogP contribution is -2.28. The molecule has 21 heavy (non-hydrogen) atoms. The molecule has 0 atom stereocenters. The lowest BCUT2D eigenvalue weighted by Gasteiger charge is -2.09. The molecular formula is C16H18N2O3. The second-order valence-electron chi connectivity index (χ2n) is 4.76. The number of benzene rings is 1. The molecule has 5 heteroatoms. The summed E-state index contributed by atoms with van der Waals surface area (Å²) in [6.45, 7) is 3.84. The van der Waals surface area contributed by atoms with Gasteiger partial charge in [0.25, 0.3) is 5.56 Å². The van der Waals surface area contributed by atoms with Crippen LogP contribution in [0.1, 0.15) is 30.6 Å². The van der Waals surface area contributed by atoms with Crippen molar-refractivity contribution in [3.63, 3.8) is 0 Å². The minimum absolute atomic E-state index is 0.171. The summed E-state index contributed by atoms with van der Waals surface area (Å²) in [4.78, 5) is 23.8. The maximum atomic E-state index is 12.1. The van der Waals surface area contributed by atoms with Crippen molar-refractivity contribution in [1.29, 1.82) is 0 Å². The molecule has 0 spiro atoms. The summed E-state index contributed by atoms with van der Waals surface area (Å²) in [6.07, 6.45) is 0.774. The molecule has 0 N–H and O–H groups in total. The van der Waals surface area contributed by atoms with Gasteiger partial charge in [0, 0.05) is 12.1 Å². The van der Waals surface area contributed by atoms with Crippen LogP contribution in [0, 0.1) is 0 Å². The smallest absolute Gasteiger partial charge is 0.277 e. The standard InChI is InChI=1S/C16H18N2O3/c1-4-9-18-16(20)14(11(2)19)10-15(17-18)12-5-7-13(21-3)8-6-12/h5-8,10H,4,9H2,1-3H3. The summed E-state index contributed by atoms with van der Waals surface area (Å²) in [5.41, 5.74) is 1.28. The third-order valence-electron chi connectivity index (χ3n) is 3.17. The van der Waals surface area contributed by atoms with Crippen molar-refractivity contribution in [3.05, 3.63) is 46.2 Å². The van der Waals surface area contributed by atoms with Gasteiger partial charge in [0.1, 0.15) is 5.75 Å². The average Bonchev–Trinajstić information content (AvgIpc) is 2.49. The van der Waals surface area contributed by atoms with Crippen molar-refractivity contribution in [2.75, 3.05) is 7.11 Å². The van der Waals surface area contributed by atoms with E-state index in [2.05, 4.69) is 5.10 Å². The molecule has 0 saturated carbocycles. The number of carbonyl (C=O) groups is 1. The van der Waals surface area contributed by atoms with E-state index in [4.69, 9.17) is 4.74 Å². The maximum absolute atomic E-state index is 12.1. The molecule has 0 aliphatic heterocycles. The number of aromatic nitrogens is 2. The summed E-state index contributed by atoms with van der Waals surface area (Å²) < 4.78 is 6.48. The summed E-state index contributed by atoms with van der Waals surface area (Å²) in [5.74, 6) is 0.495. The van der Waals surface area contributed by atoms with E-state index in [9.17, 15) is 9.59 Å². The number of hydrogen-bond acceptors (Lipinski definition) is 4. The van der Waals surface area contributed by atoms with E-state index in [1.54, 1.807) is 13.2 Å². The summed E-state index contributed by atoms with van der Waals surface area (Å²) >= 11 is 0. The first kappa shape index (κ1) is 15.0. The van der Waals surface area contributed by atoms with Gasteiger partial charge in [-0.2, -0.15) is 5.10 Å². The highest BCUT2D eigenvalue weighted by Crippen LogP contribution is 2.20. The van der Waals surface area contributed by atoms with E-state index >= 15 is 0 Å². The van der Waals surface area contributed by atoms with Crippen molar-refractivity contribution < 1.29 is 9.53 Å². The molecule has 0 saturated heterocycles. The maximum Gasteiger partial charge on any atom is 0.277 e. The topological polar surface area (TPSA) is 61.2 Å². The quantitative estimate of drug-likeness (QED) is 0.792. The molecular weight excluding hydrogens is 268 g/mol. The zero-order valence-corrected chi connectivity index (χ0v) is 12.4. The molecule has 110 valence electrons. The van der Waals surface area contributed by atoms with E-state index in [0.717, 1.165) is 17.7 Å². The van der Waals surface area contributed by atoms with Gasteiger partial charge in [0.05, 0.1) is 18.4 Å². The normalized spacial score (nSPS) is 10.4. The van der Waals surface area contributed by atoms with Gasteiger partial charge in [0.15, 0.2) is 5.78 Å². The Labute approximate surface area is 123 Å². The highest BCUT2D eigenvalue weighted by Gasteiger charge is 2.13. The van der Waals surface area contributed by atoms with E-state index < -0.39 is 0 Å². The Hall–Kier alpha value is -2.43. The van der Waals surface area contributed by atoms with Crippen LogP contribution in [0.3, 0.4) is 0 Å². The number of ether oxygens (including phenoxy) is 1. The third kappa shape index (κ3) is 3.18. The second-order valence-corrected chi connectivity index (χ2v) is 4.76. The molecule has 0 bridgehead atoms.